The lowest BCUT2D eigenvalue weighted by Gasteiger charge is -2.36. The predicted octanol–water partition coefficient (Wildman–Crippen LogP) is 2.74. The van der Waals surface area contributed by atoms with Crippen LogP contribution in [0.3, 0.4) is 0 Å². The van der Waals surface area contributed by atoms with E-state index in [0.717, 1.165) is 12.1 Å². The van der Waals surface area contributed by atoms with Gasteiger partial charge in [-0.1, -0.05) is 6.07 Å². The molecule has 2 aliphatic heterocycles. The third kappa shape index (κ3) is 3.51. The Balaban J connectivity index is 1.79. The summed E-state index contributed by atoms with van der Waals surface area (Å²) in [6.45, 7) is 1.98. The number of carbonyl (C=O) groups excluding carboxylic acids is 1. The number of methoxy groups -OCH3 is 2. The van der Waals surface area contributed by atoms with Crippen molar-refractivity contribution < 1.29 is 23.0 Å². The van der Waals surface area contributed by atoms with E-state index in [4.69, 9.17) is 9.47 Å². The number of hydrogen-bond donors (Lipinski definition) is 1. The van der Waals surface area contributed by atoms with Crippen LogP contribution in [-0.2, 0) is 0 Å². The van der Waals surface area contributed by atoms with Gasteiger partial charge in [0.1, 0.15) is 0 Å². The van der Waals surface area contributed by atoms with Gasteiger partial charge in [-0.15, -0.1) is 0 Å². The Bertz CT molecular complexity index is 1120. The molecule has 2 aliphatic rings. The van der Waals surface area contributed by atoms with Crippen molar-refractivity contribution in [3.63, 3.8) is 0 Å². The lowest BCUT2D eigenvalue weighted by Crippen LogP contribution is -2.61. The van der Waals surface area contributed by atoms with E-state index in [0.29, 0.717) is 34.5 Å². The molecule has 4 rings (SSSR count). The highest BCUT2D eigenvalue weighted by atomic mass is 19.2. The van der Waals surface area contributed by atoms with Gasteiger partial charge < -0.3 is 9.47 Å². The lowest BCUT2D eigenvalue weighted by molar-refractivity contribution is 0.222. The summed E-state index contributed by atoms with van der Waals surface area (Å²) in [5.41, 5.74) is 1.48. The third-order valence-corrected chi connectivity index (χ3v) is 5.07. The molecule has 1 aromatic heterocycles. The van der Waals surface area contributed by atoms with Gasteiger partial charge in [0.15, 0.2) is 17.4 Å². The number of aliphatic imine (C=N–C) groups is 2. The van der Waals surface area contributed by atoms with E-state index in [2.05, 4.69) is 20.3 Å². The van der Waals surface area contributed by atoms with Crippen LogP contribution < -0.4 is 14.8 Å². The predicted molar refractivity (Wildman–Crippen MR) is 109 cm³/mol. The Kier molecular flexibility index (Phi) is 5.17. The highest BCUT2D eigenvalue weighted by Gasteiger charge is 2.41. The standard InChI is InChI=1S/C20H20F2N6O3/c1-10-14(8-16(30-3)17(24-10)31-4)25-18-26-20(29)27(2)19-23-9-15(28(18)19)11-5-6-12(21)13(22)7-11/h5-8,15H,9H2,1-4H3,(H,25,26,29). The number of urea groups is 1. The zero-order chi connectivity index (χ0) is 22.3. The molecular formula is C20H20F2N6O3. The smallest absolute Gasteiger partial charge is 0.330 e. The minimum absolute atomic E-state index is 0.186. The SMILES string of the molecule is COc1cc(N=C2NC(=O)N(C)C3=NCC(c4ccc(F)c(F)c4)N23)c(C)nc1OC. The van der Waals surface area contributed by atoms with E-state index in [9.17, 15) is 13.6 Å². The maximum atomic E-state index is 13.9. The summed E-state index contributed by atoms with van der Waals surface area (Å²) < 4.78 is 37.8. The van der Waals surface area contributed by atoms with E-state index in [1.807, 2.05) is 0 Å². The fourth-order valence-electron chi connectivity index (χ4n) is 3.44. The van der Waals surface area contributed by atoms with E-state index in [-0.39, 0.29) is 12.5 Å². The largest absolute Gasteiger partial charge is 0.491 e. The Morgan fingerprint density at radius 3 is 2.65 bits per heavy atom. The third-order valence-electron chi connectivity index (χ3n) is 5.07. The Labute approximate surface area is 177 Å². The number of ether oxygens (including phenoxy) is 2. The molecule has 0 radical (unpaired) electrons. The van der Waals surface area contributed by atoms with Crippen LogP contribution in [0.4, 0.5) is 19.3 Å². The number of aromatic nitrogens is 1. The van der Waals surface area contributed by atoms with Crippen molar-refractivity contribution in [2.24, 2.45) is 9.98 Å². The number of hydrogen-bond acceptors (Lipinski definition) is 6. The van der Waals surface area contributed by atoms with E-state index >= 15 is 0 Å². The maximum absolute atomic E-state index is 13.9. The van der Waals surface area contributed by atoms with Gasteiger partial charge in [-0.25, -0.2) is 28.5 Å². The van der Waals surface area contributed by atoms with Crippen LogP contribution in [0, 0.1) is 18.6 Å². The molecule has 2 aromatic rings. The summed E-state index contributed by atoms with van der Waals surface area (Å²) in [5.74, 6) is -0.681. The highest BCUT2D eigenvalue weighted by Crippen LogP contribution is 2.34. The molecule has 0 aliphatic carbocycles. The zero-order valence-corrected chi connectivity index (χ0v) is 17.3. The first-order chi connectivity index (χ1) is 14.8. The number of pyridine rings is 1. The van der Waals surface area contributed by atoms with Crippen molar-refractivity contribution in [2.75, 3.05) is 27.8 Å². The molecule has 1 aromatic carbocycles. The minimum Gasteiger partial charge on any atom is -0.491 e. The van der Waals surface area contributed by atoms with Gasteiger partial charge >= 0.3 is 6.03 Å². The van der Waals surface area contributed by atoms with Crippen LogP contribution in [0.1, 0.15) is 17.3 Å². The summed E-state index contributed by atoms with van der Waals surface area (Å²) in [5, 5.41) is 2.72. The second-order valence-corrected chi connectivity index (χ2v) is 6.93. The number of rotatable bonds is 4. The van der Waals surface area contributed by atoms with Crippen molar-refractivity contribution in [1.82, 2.24) is 20.1 Å². The molecule has 31 heavy (non-hydrogen) atoms. The van der Waals surface area contributed by atoms with Gasteiger partial charge in [-0.2, -0.15) is 0 Å². The normalized spacial score (nSPS) is 19.3. The first kappa shape index (κ1) is 20.5. The van der Waals surface area contributed by atoms with Crippen LogP contribution in [0.15, 0.2) is 34.3 Å². The number of carbonyl (C=O) groups is 1. The Hall–Kier alpha value is -3.76. The molecule has 11 heteroatoms. The molecule has 1 fully saturated rings. The lowest BCUT2D eigenvalue weighted by atomic mass is 10.1. The average Bonchev–Trinajstić information content (AvgIpc) is 3.20. The fraction of sp³-hybridized carbons (Fsp3) is 0.300. The van der Waals surface area contributed by atoms with E-state index in [1.165, 1.54) is 25.2 Å². The van der Waals surface area contributed by atoms with Crippen LogP contribution in [0.2, 0.25) is 0 Å². The van der Waals surface area contributed by atoms with E-state index in [1.54, 1.807) is 24.9 Å². The van der Waals surface area contributed by atoms with Gasteiger partial charge in [-0.05, 0) is 24.6 Å². The summed E-state index contributed by atoms with van der Waals surface area (Å²) in [6.07, 6.45) is 0. The number of nitrogens with one attached hydrogen (secondary N) is 1. The monoisotopic (exact) mass is 430 g/mol. The van der Waals surface area contributed by atoms with Crippen LogP contribution in [0.25, 0.3) is 0 Å². The summed E-state index contributed by atoms with van der Waals surface area (Å²) in [4.78, 5) is 28.8. The molecule has 2 amide bonds. The number of guanidine groups is 2. The highest BCUT2D eigenvalue weighted by molar-refractivity contribution is 6.16. The number of fused-ring (bicyclic) bond motifs is 1. The fourth-order valence-corrected chi connectivity index (χ4v) is 3.44. The van der Waals surface area contributed by atoms with Crippen molar-refractivity contribution >= 4 is 23.6 Å². The quantitative estimate of drug-likeness (QED) is 0.806. The molecule has 1 unspecified atom stereocenters. The van der Waals surface area contributed by atoms with Gasteiger partial charge in [0, 0.05) is 13.1 Å². The minimum atomic E-state index is -0.959. The van der Waals surface area contributed by atoms with Gasteiger partial charge in [0.25, 0.3) is 5.88 Å². The maximum Gasteiger partial charge on any atom is 0.330 e. The van der Waals surface area contributed by atoms with Crippen LogP contribution in [-0.4, -0.2) is 60.5 Å². The van der Waals surface area contributed by atoms with Crippen molar-refractivity contribution in [3.05, 3.63) is 47.2 Å². The molecular weight excluding hydrogens is 410 g/mol. The topological polar surface area (TPSA) is 91.6 Å². The number of nitrogens with zero attached hydrogens (tertiary/aromatic N) is 5. The summed E-state index contributed by atoms with van der Waals surface area (Å²) in [7, 11) is 4.52. The van der Waals surface area contributed by atoms with Crippen molar-refractivity contribution in [2.45, 2.75) is 13.0 Å². The molecule has 1 N–H and O–H groups in total. The number of halogens is 2. The van der Waals surface area contributed by atoms with Gasteiger partial charge in [-0.3, -0.25) is 15.1 Å². The molecule has 0 saturated carbocycles. The molecule has 0 bridgehead atoms. The number of benzene rings is 1. The number of amides is 2. The van der Waals surface area contributed by atoms with Crippen LogP contribution >= 0.6 is 0 Å². The first-order valence-corrected chi connectivity index (χ1v) is 9.35. The van der Waals surface area contributed by atoms with Crippen LogP contribution in [0.5, 0.6) is 11.6 Å². The molecule has 0 spiro atoms. The zero-order valence-electron chi connectivity index (χ0n) is 17.3. The van der Waals surface area contributed by atoms with Crippen molar-refractivity contribution in [3.8, 4) is 11.6 Å². The Morgan fingerprint density at radius 1 is 1.19 bits per heavy atom. The molecule has 3 heterocycles. The summed E-state index contributed by atoms with van der Waals surface area (Å²) in [6, 6.07) is 4.40. The summed E-state index contributed by atoms with van der Waals surface area (Å²) >= 11 is 0. The van der Waals surface area contributed by atoms with Gasteiger partial charge in [0.2, 0.25) is 11.9 Å². The molecule has 9 nitrogen and oxygen atoms in total. The number of aryl methyl sites for hydroxylation is 1. The Morgan fingerprint density at radius 2 is 1.97 bits per heavy atom. The van der Waals surface area contributed by atoms with Gasteiger partial charge in [0.05, 0.1) is 38.2 Å². The van der Waals surface area contributed by atoms with E-state index < -0.39 is 23.7 Å². The molecule has 1 atom stereocenters. The second kappa shape index (κ2) is 7.82. The molecule has 162 valence electrons. The average molecular weight is 430 g/mol. The van der Waals surface area contributed by atoms with Crippen molar-refractivity contribution in [1.29, 1.82) is 0 Å². The second-order valence-electron chi connectivity index (χ2n) is 6.93. The molecule has 1 saturated heterocycles. The first-order valence-electron chi connectivity index (χ1n) is 9.35.